The molecule has 0 bridgehead atoms. The molecule has 2 N–H and O–H groups in total. The molecule has 0 spiro atoms. The molecule has 1 heterocycles. The number of nitrogens with one attached hydrogen (secondary N) is 2. The third kappa shape index (κ3) is 5.52. The number of hydrogen-bond donors (Lipinski definition) is 2. The zero-order valence-electron chi connectivity index (χ0n) is 18.2. The Kier molecular flexibility index (Phi) is 7.07. The second-order valence-corrected chi connectivity index (χ2v) is 8.98. The SMILES string of the molecule is COc1ccc(C(=O)NNC(=O)COC(=O)c2ccc3c(c2)CCN3S(C)(=O)=O)cc1OC. The summed E-state index contributed by atoms with van der Waals surface area (Å²) in [7, 11) is -0.502. The number of fused-ring (bicyclic) bond motifs is 1. The average Bonchev–Trinajstić information content (AvgIpc) is 3.24. The summed E-state index contributed by atoms with van der Waals surface area (Å²) < 4.78 is 40.1. The number of ether oxygens (including phenoxy) is 3. The minimum absolute atomic E-state index is 0.186. The van der Waals surface area contributed by atoms with Gasteiger partial charge in [-0.05, 0) is 48.4 Å². The minimum atomic E-state index is -3.40. The lowest BCUT2D eigenvalue weighted by Gasteiger charge is -2.16. The summed E-state index contributed by atoms with van der Waals surface area (Å²) in [4.78, 5) is 36.4. The van der Waals surface area contributed by atoms with Crippen molar-refractivity contribution in [2.24, 2.45) is 0 Å². The van der Waals surface area contributed by atoms with E-state index >= 15 is 0 Å². The van der Waals surface area contributed by atoms with Crippen LogP contribution >= 0.6 is 0 Å². The molecule has 176 valence electrons. The zero-order chi connectivity index (χ0) is 24.2. The number of rotatable bonds is 7. The van der Waals surface area contributed by atoms with E-state index < -0.39 is 34.4 Å². The summed E-state index contributed by atoms with van der Waals surface area (Å²) in [5.41, 5.74) is 5.99. The van der Waals surface area contributed by atoms with Crippen LogP contribution in [0.25, 0.3) is 0 Å². The van der Waals surface area contributed by atoms with Crippen LogP contribution in [0.2, 0.25) is 0 Å². The maximum Gasteiger partial charge on any atom is 0.338 e. The highest BCUT2D eigenvalue weighted by Gasteiger charge is 2.27. The predicted octanol–water partition coefficient (Wildman–Crippen LogP) is 0.644. The van der Waals surface area contributed by atoms with E-state index in [0.29, 0.717) is 35.7 Å². The molecule has 3 rings (SSSR count). The molecule has 0 unspecified atom stereocenters. The van der Waals surface area contributed by atoms with Gasteiger partial charge in [-0.2, -0.15) is 0 Å². The zero-order valence-corrected chi connectivity index (χ0v) is 19.0. The van der Waals surface area contributed by atoms with Crippen molar-refractivity contribution < 1.29 is 37.0 Å². The van der Waals surface area contributed by atoms with E-state index in [1.165, 1.54) is 42.8 Å². The molecule has 2 amide bonds. The van der Waals surface area contributed by atoms with Crippen LogP contribution in [-0.4, -0.2) is 59.8 Å². The number of benzene rings is 2. The largest absolute Gasteiger partial charge is 0.493 e. The Morgan fingerprint density at radius 3 is 2.33 bits per heavy atom. The summed E-state index contributed by atoms with van der Waals surface area (Å²) in [6.45, 7) is -0.327. The second-order valence-electron chi connectivity index (χ2n) is 7.08. The third-order valence-electron chi connectivity index (χ3n) is 4.86. The number of carbonyl (C=O) groups excluding carboxylic acids is 3. The molecule has 12 heteroatoms. The molecule has 0 saturated carbocycles. The van der Waals surface area contributed by atoms with Crippen molar-refractivity contribution in [3.8, 4) is 11.5 Å². The molecular formula is C21H23N3O8S. The Morgan fingerprint density at radius 1 is 0.970 bits per heavy atom. The number of hydrazine groups is 1. The van der Waals surface area contributed by atoms with Crippen LogP contribution in [0, 0.1) is 0 Å². The summed E-state index contributed by atoms with van der Waals surface area (Å²) >= 11 is 0. The van der Waals surface area contributed by atoms with E-state index in [0.717, 1.165) is 6.26 Å². The van der Waals surface area contributed by atoms with Gasteiger partial charge in [0.05, 0.1) is 31.7 Å². The van der Waals surface area contributed by atoms with Crippen molar-refractivity contribution in [1.82, 2.24) is 10.9 Å². The van der Waals surface area contributed by atoms with Crippen molar-refractivity contribution in [3.05, 3.63) is 53.1 Å². The van der Waals surface area contributed by atoms with Crippen molar-refractivity contribution in [1.29, 1.82) is 0 Å². The number of nitrogens with zero attached hydrogens (tertiary/aromatic N) is 1. The first-order chi connectivity index (χ1) is 15.6. The van der Waals surface area contributed by atoms with Gasteiger partial charge in [-0.15, -0.1) is 0 Å². The van der Waals surface area contributed by atoms with Gasteiger partial charge in [-0.3, -0.25) is 24.7 Å². The highest BCUT2D eigenvalue weighted by Crippen LogP contribution is 2.31. The highest BCUT2D eigenvalue weighted by molar-refractivity contribution is 7.92. The van der Waals surface area contributed by atoms with Crippen LogP contribution in [0.5, 0.6) is 11.5 Å². The number of anilines is 1. The van der Waals surface area contributed by atoms with Crippen LogP contribution in [0.4, 0.5) is 5.69 Å². The van der Waals surface area contributed by atoms with E-state index in [9.17, 15) is 22.8 Å². The van der Waals surface area contributed by atoms with Gasteiger partial charge < -0.3 is 14.2 Å². The quantitative estimate of drug-likeness (QED) is 0.437. The van der Waals surface area contributed by atoms with Crippen molar-refractivity contribution >= 4 is 33.5 Å². The standard InChI is InChI=1S/C21H23N3O8S/c1-30-17-7-5-14(11-18(17)31-2)20(26)23-22-19(25)12-32-21(27)15-4-6-16-13(10-15)8-9-24(16)33(3,28)29/h4-7,10-11H,8-9,12H2,1-3H3,(H,22,25)(H,23,26). The Bertz CT molecular complexity index is 1200. The lowest BCUT2D eigenvalue weighted by atomic mass is 10.1. The molecule has 33 heavy (non-hydrogen) atoms. The van der Waals surface area contributed by atoms with E-state index in [4.69, 9.17) is 14.2 Å². The molecule has 2 aromatic rings. The van der Waals surface area contributed by atoms with Gasteiger partial charge >= 0.3 is 5.97 Å². The first-order valence-electron chi connectivity index (χ1n) is 9.73. The smallest absolute Gasteiger partial charge is 0.338 e. The lowest BCUT2D eigenvalue weighted by Crippen LogP contribution is -2.43. The van der Waals surface area contributed by atoms with E-state index in [1.807, 2.05) is 0 Å². The normalized spacial score (nSPS) is 12.5. The van der Waals surface area contributed by atoms with Gasteiger partial charge in [-0.25, -0.2) is 13.2 Å². The van der Waals surface area contributed by atoms with Crippen molar-refractivity contribution in [2.45, 2.75) is 6.42 Å². The Morgan fingerprint density at radius 2 is 1.67 bits per heavy atom. The molecule has 0 saturated heterocycles. The average molecular weight is 477 g/mol. The van der Waals surface area contributed by atoms with Gasteiger partial charge in [0, 0.05) is 12.1 Å². The maximum atomic E-state index is 12.3. The topological polar surface area (TPSA) is 140 Å². The lowest BCUT2D eigenvalue weighted by molar-refractivity contribution is -0.125. The third-order valence-corrected chi connectivity index (χ3v) is 6.04. The van der Waals surface area contributed by atoms with Gasteiger partial charge in [0.1, 0.15) is 0 Å². The molecular weight excluding hydrogens is 454 g/mol. The Balaban J connectivity index is 1.52. The Labute approximate surface area is 190 Å². The van der Waals surface area contributed by atoms with E-state index in [2.05, 4.69) is 10.9 Å². The van der Waals surface area contributed by atoms with Crippen molar-refractivity contribution in [2.75, 3.05) is 37.9 Å². The number of methoxy groups -OCH3 is 2. The summed E-state index contributed by atoms with van der Waals surface area (Å²) in [6.07, 6.45) is 1.58. The van der Waals surface area contributed by atoms with Crippen LogP contribution in [0.15, 0.2) is 36.4 Å². The van der Waals surface area contributed by atoms with Crippen LogP contribution in [0.1, 0.15) is 26.3 Å². The summed E-state index contributed by atoms with van der Waals surface area (Å²) in [5.74, 6) is -1.32. The molecule has 11 nitrogen and oxygen atoms in total. The number of amides is 2. The number of hydrogen-bond acceptors (Lipinski definition) is 8. The van der Waals surface area contributed by atoms with E-state index in [1.54, 1.807) is 12.1 Å². The summed E-state index contributed by atoms with van der Waals surface area (Å²) in [6, 6.07) is 8.98. The van der Waals surface area contributed by atoms with Crippen LogP contribution in [-0.2, 0) is 26.0 Å². The molecule has 0 radical (unpaired) electrons. The molecule has 0 aliphatic carbocycles. The van der Waals surface area contributed by atoms with Gasteiger partial charge in [0.2, 0.25) is 10.0 Å². The van der Waals surface area contributed by atoms with Gasteiger partial charge in [0.25, 0.3) is 11.8 Å². The molecule has 0 fully saturated rings. The summed E-state index contributed by atoms with van der Waals surface area (Å²) in [5, 5.41) is 0. The second kappa shape index (κ2) is 9.77. The Hall–Kier alpha value is -3.80. The van der Waals surface area contributed by atoms with Crippen LogP contribution < -0.4 is 24.6 Å². The van der Waals surface area contributed by atoms with Gasteiger partial charge in [-0.1, -0.05) is 0 Å². The van der Waals surface area contributed by atoms with Crippen LogP contribution in [0.3, 0.4) is 0 Å². The number of esters is 1. The first-order valence-corrected chi connectivity index (χ1v) is 11.6. The molecule has 1 aliphatic heterocycles. The maximum absolute atomic E-state index is 12.3. The predicted molar refractivity (Wildman–Crippen MR) is 118 cm³/mol. The fraction of sp³-hybridized carbons (Fsp3) is 0.286. The van der Waals surface area contributed by atoms with Crippen molar-refractivity contribution in [3.63, 3.8) is 0 Å². The molecule has 0 aromatic heterocycles. The minimum Gasteiger partial charge on any atom is -0.493 e. The van der Waals surface area contributed by atoms with E-state index in [-0.39, 0.29) is 11.1 Å². The van der Waals surface area contributed by atoms with Gasteiger partial charge in [0.15, 0.2) is 18.1 Å². The first kappa shape index (κ1) is 23.9. The number of sulfonamides is 1. The highest BCUT2D eigenvalue weighted by atomic mass is 32.2. The molecule has 1 aliphatic rings. The molecule has 0 atom stereocenters. The monoisotopic (exact) mass is 477 g/mol. The number of carbonyl (C=O) groups is 3. The fourth-order valence-electron chi connectivity index (χ4n) is 3.27. The fourth-order valence-corrected chi connectivity index (χ4v) is 4.23. The molecule has 2 aromatic carbocycles.